The van der Waals surface area contributed by atoms with Crippen LogP contribution in [-0.4, -0.2) is 193 Å². The number of ether oxygens (including phenoxy) is 6. The first-order chi connectivity index (χ1) is 34.3. The summed E-state index contributed by atoms with van der Waals surface area (Å²) < 4.78 is 34.2. The van der Waals surface area contributed by atoms with Crippen molar-refractivity contribution < 1.29 is 89.4 Å². The van der Waals surface area contributed by atoms with E-state index < -0.39 is 124 Å². The number of hydrogen-bond acceptors (Lipinski definition) is 18. The first-order valence-electron chi connectivity index (χ1n) is 27.1. The van der Waals surface area contributed by atoms with Crippen LogP contribution in [0, 0.1) is 0 Å². The summed E-state index contributed by atoms with van der Waals surface area (Å²) in [5, 5.41) is 120. The Bertz CT molecular complexity index is 1410. The second-order valence-electron chi connectivity index (χ2n) is 19.7. The normalized spacial score (nSPS) is 32.4. The summed E-state index contributed by atoms with van der Waals surface area (Å²) in [6.45, 7) is 1.68. The first-order valence-corrected chi connectivity index (χ1v) is 27.1. The molecule has 3 saturated heterocycles. The highest BCUT2D eigenvalue weighted by Crippen LogP contribution is 2.33. The lowest BCUT2D eigenvalue weighted by Gasteiger charge is -2.48. The predicted molar refractivity (Wildman–Crippen MR) is 263 cm³/mol. The molecule has 12 N–H and O–H groups in total. The van der Waals surface area contributed by atoms with E-state index in [0.717, 1.165) is 77.0 Å². The van der Waals surface area contributed by atoms with Gasteiger partial charge < -0.3 is 89.9 Å². The van der Waals surface area contributed by atoms with E-state index in [9.17, 15) is 61.0 Å². The second kappa shape index (κ2) is 37.1. The van der Waals surface area contributed by atoms with Crippen molar-refractivity contribution in [3.63, 3.8) is 0 Å². The minimum atomic E-state index is -1.97. The Morgan fingerprint density at radius 2 is 0.958 bits per heavy atom. The molecule has 1 amide bonds. The van der Waals surface area contributed by atoms with Crippen molar-refractivity contribution in [2.45, 2.75) is 272 Å². The van der Waals surface area contributed by atoms with Crippen LogP contribution in [0.2, 0.25) is 0 Å². The lowest BCUT2D eigenvalue weighted by Crippen LogP contribution is -2.66. The summed E-state index contributed by atoms with van der Waals surface area (Å²) in [5.74, 6) is -0.260. The Hall–Kier alpha value is -1.73. The number of carbonyl (C=O) groups is 1. The van der Waals surface area contributed by atoms with Crippen molar-refractivity contribution in [1.29, 1.82) is 0 Å². The number of aliphatic hydroxyl groups is 11. The Balaban J connectivity index is 1.54. The van der Waals surface area contributed by atoms with Crippen molar-refractivity contribution in [3.8, 4) is 0 Å². The Kier molecular flexibility index (Phi) is 33.2. The van der Waals surface area contributed by atoms with Gasteiger partial charge in [-0.05, 0) is 38.5 Å². The van der Waals surface area contributed by atoms with Gasteiger partial charge in [0.05, 0.1) is 38.6 Å². The van der Waals surface area contributed by atoms with Crippen LogP contribution in [0.4, 0.5) is 0 Å². The molecule has 0 aromatic heterocycles. The molecule has 17 unspecified atom stereocenters. The zero-order valence-electron chi connectivity index (χ0n) is 42.7. The number of allylic oxidation sites excluding steroid dienone is 4. The molecule has 3 heterocycles. The Labute approximate surface area is 422 Å². The summed E-state index contributed by atoms with van der Waals surface area (Å²) in [4.78, 5) is 13.2. The fraction of sp³-hybridized carbons (Fsp3) is 0.904. The van der Waals surface area contributed by atoms with E-state index in [4.69, 9.17) is 28.4 Å². The predicted octanol–water partition coefficient (Wildman–Crippen LogP) is 2.81. The summed E-state index contributed by atoms with van der Waals surface area (Å²) in [6.07, 6.45) is 7.06. The molecule has 0 aromatic carbocycles. The van der Waals surface area contributed by atoms with E-state index in [1.54, 1.807) is 0 Å². The molecule has 0 saturated carbocycles. The molecule has 0 spiro atoms. The van der Waals surface area contributed by atoms with Crippen molar-refractivity contribution in [2.24, 2.45) is 0 Å². The third-order valence-corrected chi connectivity index (χ3v) is 13.8. The van der Waals surface area contributed by atoms with E-state index in [0.29, 0.717) is 12.8 Å². The summed E-state index contributed by atoms with van der Waals surface area (Å²) in [7, 11) is 0. The highest BCUT2D eigenvalue weighted by atomic mass is 16.8. The maximum atomic E-state index is 13.2. The fourth-order valence-corrected chi connectivity index (χ4v) is 9.23. The standard InChI is InChI=1S/C52H95NO18/c1-3-5-7-9-11-13-15-17-19-21-23-25-27-29-36(57)35(53-40(58)30-28-26-24-22-20-18-16-14-12-10-8-6-4-2)34-66-50-46(64)43(61)48(38(32-55)68-50)71-52-47(65)44(62)49(39(33-56)69-52)70-51-45(63)42(60)41(59)37(31-54)67-51/h8,10,14,16,35-39,41-52,54-57,59-65H,3-7,9,11-13,15,17-34H2,1-2H3,(H,53,58)/b10-8-,16-14-. The quantitative estimate of drug-likeness (QED) is 0.0313. The number of aliphatic hydroxyl groups excluding tert-OH is 11. The van der Waals surface area contributed by atoms with E-state index in [1.165, 1.54) is 57.8 Å². The van der Waals surface area contributed by atoms with Crippen LogP contribution in [0.25, 0.3) is 0 Å². The van der Waals surface area contributed by atoms with Crippen LogP contribution in [0.15, 0.2) is 24.3 Å². The summed E-state index contributed by atoms with van der Waals surface area (Å²) in [5.41, 5.74) is 0. The average Bonchev–Trinajstić information content (AvgIpc) is 3.36. The minimum absolute atomic E-state index is 0.250. The molecule has 0 aromatic rings. The van der Waals surface area contributed by atoms with Gasteiger partial charge in [-0.15, -0.1) is 0 Å². The van der Waals surface area contributed by atoms with Gasteiger partial charge in [-0.3, -0.25) is 4.79 Å². The van der Waals surface area contributed by atoms with Gasteiger partial charge in [-0.1, -0.05) is 147 Å². The maximum absolute atomic E-state index is 13.2. The molecule has 71 heavy (non-hydrogen) atoms. The molecule has 3 rings (SSSR count). The molecule has 0 aliphatic carbocycles. The lowest BCUT2D eigenvalue weighted by atomic mass is 9.96. The molecular weight excluding hydrogens is 927 g/mol. The van der Waals surface area contributed by atoms with Crippen molar-refractivity contribution in [2.75, 3.05) is 26.4 Å². The van der Waals surface area contributed by atoms with Crippen LogP contribution in [0.3, 0.4) is 0 Å². The van der Waals surface area contributed by atoms with E-state index in [2.05, 4.69) is 43.5 Å². The van der Waals surface area contributed by atoms with Gasteiger partial charge in [0.15, 0.2) is 18.9 Å². The first kappa shape index (κ1) is 63.6. The van der Waals surface area contributed by atoms with E-state index in [1.807, 2.05) is 0 Å². The summed E-state index contributed by atoms with van der Waals surface area (Å²) >= 11 is 0. The zero-order chi connectivity index (χ0) is 52.0. The van der Waals surface area contributed by atoms with Gasteiger partial charge in [0.2, 0.25) is 5.91 Å². The van der Waals surface area contributed by atoms with Crippen molar-refractivity contribution in [3.05, 3.63) is 24.3 Å². The van der Waals surface area contributed by atoms with Gasteiger partial charge in [0, 0.05) is 6.42 Å². The largest absolute Gasteiger partial charge is 0.394 e. The molecule has 3 aliphatic heterocycles. The lowest BCUT2D eigenvalue weighted by molar-refractivity contribution is -0.379. The van der Waals surface area contributed by atoms with E-state index >= 15 is 0 Å². The van der Waals surface area contributed by atoms with Crippen LogP contribution in [-0.2, 0) is 33.2 Å². The van der Waals surface area contributed by atoms with Crippen LogP contribution >= 0.6 is 0 Å². The molecular formula is C52H95NO18. The maximum Gasteiger partial charge on any atom is 0.220 e. The molecule has 17 atom stereocenters. The number of amides is 1. The number of carbonyl (C=O) groups excluding carboxylic acids is 1. The van der Waals surface area contributed by atoms with Crippen molar-refractivity contribution in [1.82, 2.24) is 5.32 Å². The SMILES string of the molecule is CCC/C=C\C/C=C\CCCCCCCC(=O)NC(COC1OC(CO)C(OC2OC(CO)C(OC3OC(CO)C(O)C(O)C3O)C(O)C2O)C(O)C1O)C(O)CCCCCCCCCCCCCCC. The second-order valence-corrected chi connectivity index (χ2v) is 19.7. The Morgan fingerprint density at radius 3 is 1.49 bits per heavy atom. The highest BCUT2D eigenvalue weighted by molar-refractivity contribution is 5.76. The molecule has 19 nitrogen and oxygen atoms in total. The van der Waals surface area contributed by atoms with E-state index in [-0.39, 0.29) is 18.9 Å². The molecule has 19 heteroatoms. The number of rotatable bonds is 38. The monoisotopic (exact) mass is 1020 g/mol. The molecule has 416 valence electrons. The number of nitrogens with one attached hydrogen (secondary N) is 1. The van der Waals surface area contributed by atoms with Crippen LogP contribution < -0.4 is 5.32 Å². The Morgan fingerprint density at radius 1 is 0.507 bits per heavy atom. The van der Waals surface area contributed by atoms with Crippen molar-refractivity contribution >= 4 is 5.91 Å². The third kappa shape index (κ3) is 22.6. The third-order valence-electron chi connectivity index (χ3n) is 13.8. The van der Waals surface area contributed by atoms with Crippen LogP contribution in [0.5, 0.6) is 0 Å². The van der Waals surface area contributed by atoms with Gasteiger partial charge >= 0.3 is 0 Å². The molecule has 3 fully saturated rings. The smallest absolute Gasteiger partial charge is 0.220 e. The zero-order valence-corrected chi connectivity index (χ0v) is 42.7. The summed E-state index contributed by atoms with van der Waals surface area (Å²) in [6, 6.07) is -0.890. The van der Waals surface area contributed by atoms with Gasteiger partial charge in [-0.2, -0.15) is 0 Å². The minimum Gasteiger partial charge on any atom is -0.394 e. The highest BCUT2D eigenvalue weighted by Gasteiger charge is 2.53. The molecule has 0 radical (unpaired) electrons. The average molecular weight is 1020 g/mol. The number of hydrogen-bond donors (Lipinski definition) is 12. The molecule has 3 aliphatic rings. The van der Waals surface area contributed by atoms with Gasteiger partial charge in [-0.25, -0.2) is 0 Å². The number of unbranched alkanes of at least 4 members (excludes halogenated alkanes) is 18. The van der Waals surface area contributed by atoms with Crippen LogP contribution in [0.1, 0.15) is 168 Å². The van der Waals surface area contributed by atoms with Gasteiger partial charge in [0.1, 0.15) is 73.2 Å². The molecule has 0 bridgehead atoms. The topological polar surface area (TPSA) is 307 Å². The fourth-order valence-electron chi connectivity index (χ4n) is 9.23. The van der Waals surface area contributed by atoms with Gasteiger partial charge in [0.25, 0.3) is 0 Å².